The maximum absolute atomic E-state index is 12.7. The van der Waals surface area contributed by atoms with Crippen molar-refractivity contribution in [3.8, 4) is 11.1 Å². The van der Waals surface area contributed by atoms with E-state index in [0.717, 1.165) is 16.7 Å². The van der Waals surface area contributed by atoms with Gasteiger partial charge < -0.3 is 27.2 Å². The predicted molar refractivity (Wildman–Crippen MR) is 127 cm³/mol. The van der Waals surface area contributed by atoms with Crippen LogP contribution in [0.2, 0.25) is 0 Å². The van der Waals surface area contributed by atoms with Gasteiger partial charge in [0.1, 0.15) is 6.04 Å². The van der Waals surface area contributed by atoms with Crippen LogP contribution in [0.25, 0.3) is 11.1 Å². The van der Waals surface area contributed by atoms with Crippen LogP contribution < -0.4 is 22.1 Å². The zero-order valence-electron chi connectivity index (χ0n) is 18.5. The number of aliphatic carboxylic acids is 1. The van der Waals surface area contributed by atoms with Crippen molar-refractivity contribution in [2.24, 2.45) is 16.5 Å². The number of aliphatic imine (C=N–C) groups is 1. The second-order valence-corrected chi connectivity index (χ2v) is 7.59. The summed E-state index contributed by atoms with van der Waals surface area (Å²) in [5.74, 6) is -1.84. The number of benzene rings is 2. The lowest BCUT2D eigenvalue weighted by Crippen LogP contribution is -2.48. The molecule has 0 spiro atoms. The van der Waals surface area contributed by atoms with E-state index >= 15 is 0 Å². The molecule has 0 saturated heterocycles. The number of rotatable bonds is 13. The lowest BCUT2D eigenvalue weighted by molar-refractivity contribution is -0.139. The van der Waals surface area contributed by atoms with Crippen molar-refractivity contribution in [2.45, 2.75) is 38.1 Å². The van der Waals surface area contributed by atoms with Crippen LogP contribution in [0.3, 0.4) is 0 Å². The van der Waals surface area contributed by atoms with E-state index in [0.29, 0.717) is 25.9 Å². The Bertz CT molecular complexity index is 941. The molecule has 0 aliphatic carbocycles. The van der Waals surface area contributed by atoms with Crippen molar-refractivity contribution >= 4 is 23.7 Å². The fraction of sp³-hybridized carbons (Fsp3) is 0.333. The molecule has 2 amide bonds. The minimum Gasteiger partial charge on any atom is -0.481 e. The van der Waals surface area contributed by atoms with Gasteiger partial charge in [-0.2, -0.15) is 0 Å². The molecule has 2 aromatic rings. The van der Waals surface area contributed by atoms with Gasteiger partial charge in [0.2, 0.25) is 11.8 Å². The van der Waals surface area contributed by atoms with Gasteiger partial charge in [-0.25, -0.2) is 0 Å². The van der Waals surface area contributed by atoms with Crippen molar-refractivity contribution in [3.05, 3.63) is 60.2 Å². The molecule has 0 fully saturated rings. The molecule has 7 N–H and O–H groups in total. The topological polar surface area (TPSA) is 160 Å². The zero-order chi connectivity index (χ0) is 24.1. The molecule has 0 aromatic heterocycles. The van der Waals surface area contributed by atoms with Crippen LogP contribution >= 0.6 is 0 Å². The Morgan fingerprint density at radius 1 is 0.909 bits per heavy atom. The second kappa shape index (κ2) is 13.5. The number of unbranched alkanes of at least 4 members (excludes halogenated alkanes) is 1. The molecule has 9 heteroatoms. The van der Waals surface area contributed by atoms with E-state index in [9.17, 15) is 14.4 Å². The lowest BCUT2D eigenvalue weighted by Gasteiger charge is -2.19. The monoisotopic (exact) mass is 453 g/mol. The third-order valence-corrected chi connectivity index (χ3v) is 4.90. The molecule has 0 saturated carbocycles. The third kappa shape index (κ3) is 9.86. The van der Waals surface area contributed by atoms with Gasteiger partial charge in [-0.05, 0) is 29.5 Å². The summed E-state index contributed by atoms with van der Waals surface area (Å²) in [4.78, 5) is 39.6. The number of nitrogens with one attached hydrogen (secondary N) is 2. The van der Waals surface area contributed by atoms with Crippen LogP contribution in [0.15, 0.2) is 59.6 Å². The molecular formula is C24H31N5O4. The second-order valence-electron chi connectivity index (χ2n) is 7.59. The van der Waals surface area contributed by atoms with Crippen molar-refractivity contribution in [2.75, 3.05) is 13.1 Å². The van der Waals surface area contributed by atoms with Crippen molar-refractivity contribution in [1.82, 2.24) is 10.6 Å². The van der Waals surface area contributed by atoms with Gasteiger partial charge in [-0.3, -0.25) is 19.4 Å². The fourth-order valence-electron chi connectivity index (χ4n) is 3.18. The normalized spacial score (nSPS) is 11.3. The molecule has 0 aliphatic rings. The smallest absolute Gasteiger partial charge is 0.303 e. The highest BCUT2D eigenvalue weighted by Crippen LogP contribution is 2.19. The summed E-state index contributed by atoms with van der Waals surface area (Å²) in [6, 6.07) is 16.9. The summed E-state index contributed by atoms with van der Waals surface area (Å²) >= 11 is 0. The fourth-order valence-corrected chi connectivity index (χ4v) is 3.18. The summed E-state index contributed by atoms with van der Waals surface area (Å²) in [5, 5.41) is 14.3. The molecule has 0 unspecified atom stereocenters. The highest BCUT2D eigenvalue weighted by atomic mass is 16.4. The van der Waals surface area contributed by atoms with Crippen molar-refractivity contribution < 1.29 is 19.5 Å². The first-order valence-corrected chi connectivity index (χ1v) is 10.8. The Morgan fingerprint density at radius 3 is 2.21 bits per heavy atom. The average molecular weight is 454 g/mol. The van der Waals surface area contributed by atoms with Gasteiger partial charge in [-0.1, -0.05) is 54.6 Å². The van der Waals surface area contributed by atoms with Crippen LogP contribution in [0.4, 0.5) is 0 Å². The van der Waals surface area contributed by atoms with Gasteiger partial charge in [0.15, 0.2) is 5.96 Å². The Labute approximate surface area is 193 Å². The lowest BCUT2D eigenvalue weighted by atomic mass is 10.00. The maximum Gasteiger partial charge on any atom is 0.303 e. The first kappa shape index (κ1) is 25.4. The highest BCUT2D eigenvalue weighted by Gasteiger charge is 2.21. The Hall–Kier alpha value is -3.88. The molecule has 33 heavy (non-hydrogen) atoms. The van der Waals surface area contributed by atoms with Crippen LogP contribution in [-0.2, 0) is 20.8 Å². The number of carboxylic acids is 1. The standard InChI is InChI=1S/C24H31N5O4/c25-24(26)28-15-5-4-14-27-23(33)20(29-21(30)12-13-22(31)32)16-17-8-10-19(11-9-17)18-6-2-1-3-7-18/h1-3,6-11,20H,4-5,12-16H2,(H,27,33)(H,29,30)(H,31,32)(H4,25,26,28)/t20-/m1/s1. The SMILES string of the molecule is NC(N)=NCCCCNC(=O)[C@@H](Cc1ccc(-c2ccccc2)cc1)NC(=O)CCC(=O)O. The number of amides is 2. The summed E-state index contributed by atoms with van der Waals surface area (Å²) < 4.78 is 0. The first-order chi connectivity index (χ1) is 15.8. The summed E-state index contributed by atoms with van der Waals surface area (Å²) in [5.41, 5.74) is 13.6. The van der Waals surface area contributed by atoms with Crippen LogP contribution in [0.1, 0.15) is 31.2 Å². The van der Waals surface area contributed by atoms with Gasteiger partial charge in [0.25, 0.3) is 0 Å². The number of hydrogen-bond acceptors (Lipinski definition) is 4. The van der Waals surface area contributed by atoms with Gasteiger partial charge in [0.05, 0.1) is 6.42 Å². The van der Waals surface area contributed by atoms with Gasteiger partial charge in [-0.15, -0.1) is 0 Å². The van der Waals surface area contributed by atoms with Gasteiger partial charge in [0, 0.05) is 25.9 Å². The summed E-state index contributed by atoms with van der Waals surface area (Å²) in [7, 11) is 0. The number of nitrogens with two attached hydrogens (primary N) is 2. The van der Waals surface area contributed by atoms with E-state index in [-0.39, 0.29) is 31.1 Å². The number of guanidine groups is 1. The molecule has 176 valence electrons. The third-order valence-electron chi connectivity index (χ3n) is 4.90. The zero-order valence-corrected chi connectivity index (χ0v) is 18.5. The van der Waals surface area contributed by atoms with Gasteiger partial charge >= 0.3 is 5.97 Å². The minimum absolute atomic E-state index is 0.0291. The Kier molecular flexibility index (Phi) is 10.4. The van der Waals surface area contributed by atoms with Crippen molar-refractivity contribution in [1.29, 1.82) is 0 Å². The van der Waals surface area contributed by atoms with Crippen molar-refractivity contribution in [3.63, 3.8) is 0 Å². The largest absolute Gasteiger partial charge is 0.481 e. The van der Waals surface area contributed by atoms with E-state index in [1.165, 1.54) is 0 Å². The van der Waals surface area contributed by atoms with E-state index in [2.05, 4.69) is 15.6 Å². The molecular weight excluding hydrogens is 422 g/mol. The van der Waals surface area contributed by atoms with Crippen LogP contribution in [0, 0.1) is 0 Å². The highest BCUT2D eigenvalue weighted by molar-refractivity contribution is 5.88. The molecule has 0 bridgehead atoms. The Balaban J connectivity index is 1.99. The molecule has 2 rings (SSSR count). The molecule has 0 radical (unpaired) electrons. The number of nitrogens with zero attached hydrogens (tertiary/aromatic N) is 1. The predicted octanol–water partition coefficient (Wildman–Crippen LogP) is 1.42. The first-order valence-electron chi connectivity index (χ1n) is 10.8. The molecule has 2 aromatic carbocycles. The van der Waals surface area contributed by atoms with E-state index < -0.39 is 17.9 Å². The maximum atomic E-state index is 12.7. The van der Waals surface area contributed by atoms with E-state index in [1.807, 2.05) is 54.6 Å². The molecule has 0 aliphatic heterocycles. The quantitative estimate of drug-likeness (QED) is 0.175. The summed E-state index contributed by atoms with van der Waals surface area (Å²) in [6.07, 6.45) is 1.18. The summed E-state index contributed by atoms with van der Waals surface area (Å²) in [6.45, 7) is 0.884. The number of carbonyl (C=O) groups excluding carboxylic acids is 2. The molecule has 0 heterocycles. The minimum atomic E-state index is -1.07. The number of hydrogen-bond donors (Lipinski definition) is 5. The molecule has 1 atom stereocenters. The van der Waals surface area contributed by atoms with E-state index in [4.69, 9.17) is 16.6 Å². The Morgan fingerprint density at radius 2 is 1.58 bits per heavy atom. The average Bonchev–Trinajstić information content (AvgIpc) is 2.80. The van der Waals surface area contributed by atoms with Crippen LogP contribution in [0.5, 0.6) is 0 Å². The number of carboxylic acid groups (broad SMARTS) is 1. The number of carbonyl (C=O) groups is 3. The van der Waals surface area contributed by atoms with Crippen LogP contribution in [-0.4, -0.2) is 48.0 Å². The molecule has 9 nitrogen and oxygen atoms in total. The van der Waals surface area contributed by atoms with E-state index in [1.54, 1.807) is 0 Å².